The first kappa shape index (κ1) is 29.7. The number of esters is 1. The Hall–Kier alpha value is -4.81. The molecule has 2 aromatic heterocycles. The van der Waals surface area contributed by atoms with Gasteiger partial charge in [0.05, 0.1) is 24.3 Å². The molecule has 0 radical (unpaired) electrons. The summed E-state index contributed by atoms with van der Waals surface area (Å²) in [6, 6.07) is 13.1. The van der Waals surface area contributed by atoms with E-state index >= 15 is 0 Å². The van der Waals surface area contributed by atoms with Crippen LogP contribution in [0.5, 0.6) is 0 Å². The molecule has 3 N–H and O–H groups in total. The summed E-state index contributed by atoms with van der Waals surface area (Å²) in [5.41, 5.74) is 3.03. The minimum absolute atomic E-state index is 0.247. The Balaban J connectivity index is 1.41. The number of methoxy groups -OCH3 is 1. The van der Waals surface area contributed by atoms with Gasteiger partial charge in [0.25, 0.3) is 0 Å². The molecule has 0 aliphatic carbocycles. The third-order valence-corrected chi connectivity index (χ3v) is 7.39. The van der Waals surface area contributed by atoms with Gasteiger partial charge in [0, 0.05) is 55.0 Å². The number of carbonyl (C=O) groups excluding carboxylic acids is 1. The van der Waals surface area contributed by atoms with Gasteiger partial charge in [-0.25, -0.2) is 9.97 Å². The quantitative estimate of drug-likeness (QED) is 0.205. The molecule has 13 heteroatoms. The summed E-state index contributed by atoms with van der Waals surface area (Å²) in [6.45, 7) is 4.71. The lowest BCUT2D eigenvalue weighted by molar-refractivity contribution is -0.146. The lowest BCUT2D eigenvalue weighted by Crippen LogP contribution is -2.36. The van der Waals surface area contributed by atoms with Crippen molar-refractivity contribution in [2.24, 2.45) is 5.92 Å². The molecule has 226 valence electrons. The summed E-state index contributed by atoms with van der Waals surface area (Å²) < 4.78 is 48.3. The number of halogens is 3. The number of nitrogens with one attached hydrogen (secondary N) is 3. The smallest absolute Gasteiger partial charge is 0.416 e. The molecule has 0 bridgehead atoms. The number of piperidine rings is 1. The van der Waals surface area contributed by atoms with Crippen molar-refractivity contribution in [2.45, 2.75) is 32.9 Å². The van der Waals surface area contributed by atoms with Crippen molar-refractivity contribution in [1.82, 2.24) is 19.7 Å². The fourth-order valence-corrected chi connectivity index (χ4v) is 5.07. The fourth-order valence-electron chi connectivity index (χ4n) is 5.07. The Morgan fingerprint density at radius 1 is 0.977 bits per heavy atom. The highest BCUT2D eigenvalue weighted by atomic mass is 19.4. The third kappa shape index (κ3) is 6.82. The van der Waals surface area contributed by atoms with Gasteiger partial charge in [0.1, 0.15) is 18.0 Å². The van der Waals surface area contributed by atoms with Crippen LogP contribution in [0.2, 0.25) is 0 Å². The van der Waals surface area contributed by atoms with E-state index in [9.17, 15) is 18.0 Å². The van der Waals surface area contributed by atoms with Crippen LogP contribution >= 0.6 is 0 Å². The van der Waals surface area contributed by atoms with Gasteiger partial charge in [-0.05, 0) is 62.6 Å². The van der Waals surface area contributed by atoms with Gasteiger partial charge in [-0.15, -0.1) is 0 Å². The van der Waals surface area contributed by atoms with Gasteiger partial charge in [0.2, 0.25) is 0 Å². The number of alkyl halides is 3. The maximum absolute atomic E-state index is 13.9. The molecule has 10 nitrogen and oxygen atoms in total. The largest absolute Gasteiger partial charge is 0.469 e. The number of hydrogen-bond acceptors (Lipinski definition) is 9. The van der Waals surface area contributed by atoms with E-state index in [1.54, 1.807) is 23.9 Å². The fraction of sp³-hybridized carbons (Fsp3) is 0.333. The zero-order valence-electron chi connectivity index (χ0n) is 24.3. The standard InChI is InChI=1S/C30H33F3N8O2/c1-18-5-6-22(15-25(18)38-28-11-19(2)39-41(28)27-16-26(34-3)35-17-36-27)37-23-12-21(30(31,32)33)13-24(14-23)40-9-7-20(8-10-40)29(42)43-4/h5-6,11-17,20,37-38H,7-10H2,1-4H3,(H,34,35,36). The molecule has 5 rings (SSSR count). The van der Waals surface area contributed by atoms with Gasteiger partial charge < -0.3 is 25.6 Å². The Morgan fingerprint density at radius 3 is 2.44 bits per heavy atom. The van der Waals surface area contributed by atoms with Crippen molar-refractivity contribution in [3.8, 4) is 5.82 Å². The number of benzene rings is 2. The Kier molecular flexibility index (Phi) is 8.42. The highest BCUT2D eigenvalue weighted by Gasteiger charge is 2.33. The first-order valence-corrected chi connectivity index (χ1v) is 13.8. The molecule has 0 unspecified atom stereocenters. The van der Waals surface area contributed by atoms with Crippen LogP contribution in [0.3, 0.4) is 0 Å². The summed E-state index contributed by atoms with van der Waals surface area (Å²) in [4.78, 5) is 22.3. The maximum atomic E-state index is 13.9. The zero-order valence-corrected chi connectivity index (χ0v) is 24.3. The van der Waals surface area contributed by atoms with Crippen molar-refractivity contribution in [3.63, 3.8) is 0 Å². The van der Waals surface area contributed by atoms with Crippen LogP contribution in [0.1, 0.15) is 29.7 Å². The van der Waals surface area contributed by atoms with Crippen LogP contribution in [-0.2, 0) is 15.7 Å². The van der Waals surface area contributed by atoms with E-state index in [0.29, 0.717) is 60.4 Å². The summed E-state index contributed by atoms with van der Waals surface area (Å²) in [7, 11) is 3.11. The van der Waals surface area contributed by atoms with Crippen molar-refractivity contribution in [3.05, 3.63) is 71.7 Å². The van der Waals surface area contributed by atoms with E-state index < -0.39 is 11.7 Å². The van der Waals surface area contributed by atoms with Crippen LogP contribution in [0, 0.1) is 19.8 Å². The van der Waals surface area contributed by atoms with E-state index in [4.69, 9.17) is 4.74 Å². The van der Waals surface area contributed by atoms with Crippen LogP contribution in [0.4, 0.5) is 47.6 Å². The number of aromatic nitrogens is 4. The predicted octanol–water partition coefficient (Wildman–Crippen LogP) is 6.22. The first-order chi connectivity index (χ1) is 20.5. The molecule has 43 heavy (non-hydrogen) atoms. The normalized spacial score (nSPS) is 14.0. The molecule has 1 aliphatic heterocycles. The number of anilines is 6. The van der Waals surface area contributed by atoms with Crippen molar-refractivity contribution in [1.29, 1.82) is 0 Å². The Bertz CT molecular complexity index is 1610. The van der Waals surface area contributed by atoms with Crippen LogP contribution in [0.25, 0.3) is 5.82 Å². The topological polar surface area (TPSA) is 109 Å². The maximum Gasteiger partial charge on any atom is 0.416 e. The van der Waals surface area contributed by atoms with Gasteiger partial charge in [0.15, 0.2) is 5.82 Å². The summed E-state index contributed by atoms with van der Waals surface area (Å²) in [5.74, 6) is 1.33. The van der Waals surface area contributed by atoms with Crippen LogP contribution in [0.15, 0.2) is 54.9 Å². The second kappa shape index (κ2) is 12.2. The Morgan fingerprint density at radius 2 is 1.74 bits per heavy atom. The number of nitrogens with zero attached hydrogens (tertiary/aromatic N) is 5. The number of ether oxygens (including phenoxy) is 1. The second-order valence-electron chi connectivity index (χ2n) is 10.4. The molecule has 0 spiro atoms. The Labute approximate surface area is 247 Å². The minimum atomic E-state index is -4.53. The third-order valence-electron chi connectivity index (χ3n) is 7.39. The van der Waals surface area contributed by atoms with E-state index in [2.05, 4.69) is 31.0 Å². The van der Waals surface area contributed by atoms with Gasteiger partial charge >= 0.3 is 12.1 Å². The minimum Gasteiger partial charge on any atom is -0.469 e. The molecular formula is C30H33F3N8O2. The molecule has 0 atom stereocenters. The number of rotatable bonds is 8. The monoisotopic (exact) mass is 594 g/mol. The van der Waals surface area contributed by atoms with Crippen molar-refractivity contribution in [2.75, 3.05) is 48.1 Å². The highest BCUT2D eigenvalue weighted by Crippen LogP contribution is 2.37. The molecule has 1 saturated heterocycles. The van der Waals surface area contributed by atoms with Gasteiger partial charge in [-0.2, -0.15) is 23.0 Å². The second-order valence-corrected chi connectivity index (χ2v) is 10.4. The van der Waals surface area contributed by atoms with E-state index in [1.807, 2.05) is 43.0 Å². The number of aryl methyl sites for hydroxylation is 2. The van der Waals surface area contributed by atoms with Crippen molar-refractivity contribution >= 4 is 40.4 Å². The van der Waals surface area contributed by atoms with Crippen LogP contribution < -0.4 is 20.9 Å². The van der Waals surface area contributed by atoms with E-state index in [1.165, 1.54) is 13.4 Å². The molecule has 0 saturated carbocycles. The van der Waals surface area contributed by atoms with Crippen molar-refractivity contribution < 1.29 is 22.7 Å². The zero-order chi connectivity index (χ0) is 30.7. The van der Waals surface area contributed by atoms with Gasteiger partial charge in [-0.3, -0.25) is 4.79 Å². The molecule has 2 aromatic carbocycles. The summed E-state index contributed by atoms with van der Waals surface area (Å²) >= 11 is 0. The molecule has 3 heterocycles. The first-order valence-electron chi connectivity index (χ1n) is 13.8. The molecular weight excluding hydrogens is 561 g/mol. The lowest BCUT2D eigenvalue weighted by atomic mass is 9.96. The highest BCUT2D eigenvalue weighted by molar-refractivity contribution is 5.74. The average Bonchev–Trinajstić information content (AvgIpc) is 3.37. The van der Waals surface area contributed by atoms with Gasteiger partial charge in [-0.1, -0.05) is 6.07 Å². The molecule has 4 aromatic rings. The van der Waals surface area contributed by atoms with E-state index in [0.717, 1.165) is 29.1 Å². The summed E-state index contributed by atoms with van der Waals surface area (Å²) in [6.07, 6.45) is -2.05. The molecule has 1 fully saturated rings. The number of hydrogen-bond donors (Lipinski definition) is 3. The average molecular weight is 595 g/mol. The molecule has 0 amide bonds. The van der Waals surface area contributed by atoms with E-state index in [-0.39, 0.29) is 11.9 Å². The summed E-state index contributed by atoms with van der Waals surface area (Å²) in [5, 5.41) is 14.1. The van der Waals surface area contributed by atoms with Crippen LogP contribution in [-0.4, -0.2) is 53.0 Å². The SMILES string of the molecule is CNc1cc(-n2nc(C)cc2Nc2cc(Nc3cc(N4CCC(C(=O)OC)CC4)cc(C(F)(F)F)c3)ccc2C)ncn1. The number of carbonyl (C=O) groups is 1. The molecule has 1 aliphatic rings. The predicted molar refractivity (Wildman–Crippen MR) is 160 cm³/mol. The lowest BCUT2D eigenvalue weighted by Gasteiger charge is -2.33.